The van der Waals surface area contributed by atoms with Crippen LogP contribution in [0.3, 0.4) is 0 Å². The van der Waals surface area contributed by atoms with E-state index in [2.05, 4.69) is 41.8 Å². The summed E-state index contributed by atoms with van der Waals surface area (Å²) >= 11 is 5.59. The van der Waals surface area contributed by atoms with Crippen LogP contribution in [0.1, 0.15) is 22.7 Å². The van der Waals surface area contributed by atoms with Crippen molar-refractivity contribution in [3.05, 3.63) is 89.5 Å². The Morgan fingerprint density at radius 2 is 1.67 bits per heavy atom. The molecule has 0 spiro atoms. The van der Waals surface area contributed by atoms with Crippen LogP contribution >= 0.6 is 12.2 Å². The van der Waals surface area contributed by atoms with Crippen molar-refractivity contribution in [2.45, 2.75) is 13.0 Å². The van der Waals surface area contributed by atoms with Gasteiger partial charge in [-0.25, -0.2) is 0 Å². The van der Waals surface area contributed by atoms with Crippen molar-refractivity contribution in [2.75, 3.05) is 12.1 Å². The largest absolute Gasteiger partial charge is 0.454 e. The Labute approximate surface area is 164 Å². The van der Waals surface area contributed by atoms with Gasteiger partial charge in [-0.1, -0.05) is 54.6 Å². The molecule has 0 amide bonds. The summed E-state index contributed by atoms with van der Waals surface area (Å²) in [6.07, 6.45) is 0. The van der Waals surface area contributed by atoms with Gasteiger partial charge in [0.05, 0.1) is 6.04 Å². The van der Waals surface area contributed by atoms with Gasteiger partial charge < -0.3 is 20.1 Å². The normalized spacial score (nSPS) is 13.1. The van der Waals surface area contributed by atoms with Crippen molar-refractivity contribution in [3.8, 4) is 11.5 Å². The number of rotatable bonds is 4. The number of anilines is 1. The minimum Gasteiger partial charge on any atom is -0.454 e. The highest BCUT2D eigenvalue weighted by Crippen LogP contribution is 2.34. The zero-order valence-corrected chi connectivity index (χ0v) is 15.8. The lowest BCUT2D eigenvalue weighted by Gasteiger charge is -2.23. The summed E-state index contributed by atoms with van der Waals surface area (Å²) in [5, 5.41) is 7.25. The van der Waals surface area contributed by atoms with Crippen molar-refractivity contribution in [3.63, 3.8) is 0 Å². The second-order valence-corrected chi connectivity index (χ2v) is 6.78. The number of hydrogen-bond donors (Lipinski definition) is 2. The molecule has 0 unspecified atom stereocenters. The maximum absolute atomic E-state index is 5.59. The maximum Gasteiger partial charge on any atom is 0.231 e. The van der Waals surface area contributed by atoms with Crippen molar-refractivity contribution < 1.29 is 9.47 Å². The van der Waals surface area contributed by atoms with E-state index in [1.54, 1.807) is 0 Å². The third-order valence-corrected chi connectivity index (χ3v) is 4.76. The number of fused-ring (bicyclic) bond motifs is 1. The molecule has 0 aromatic heterocycles. The number of thiocarbonyl (C=S) groups is 1. The molecule has 1 aliphatic heterocycles. The highest BCUT2D eigenvalue weighted by atomic mass is 32.1. The van der Waals surface area contributed by atoms with Crippen LogP contribution in [-0.2, 0) is 0 Å². The van der Waals surface area contributed by atoms with Gasteiger partial charge in [0, 0.05) is 11.8 Å². The van der Waals surface area contributed by atoms with Crippen LogP contribution in [0.4, 0.5) is 5.69 Å². The van der Waals surface area contributed by atoms with E-state index in [9.17, 15) is 0 Å². The molecule has 4 rings (SSSR count). The molecule has 0 saturated heterocycles. The predicted octanol–water partition coefficient (Wildman–Crippen LogP) is 4.80. The van der Waals surface area contributed by atoms with Crippen LogP contribution < -0.4 is 20.1 Å². The van der Waals surface area contributed by atoms with Gasteiger partial charge in [-0.2, -0.15) is 0 Å². The molecule has 3 aromatic carbocycles. The smallest absolute Gasteiger partial charge is 0.231 e. The Kier molecular flexibility index (Phi) is 4.94. The lowest BCUT2D eigenvalue weighted by Crippen LogP contribution is -2.33. The van der Waals surface area contributed by atoms with Crippen LogP contribution in [0.15, 0.2) is 72.8 Å². The minimum absolute atomic E-state index is 0.0404. The number of nitrogens with one attached hydrogen (secondary N) is 2. The number of aryl methyl sites for hydroxylation is 1. The summed E-state index contributed by atoms with van der Waals surface area (Å²) < 4.78 is 10.8. The van der Waals surface area contributed by atoms with Crippen LogP contribution in [0.25, 0.3) is 0 Å². The van der Waals surface area contributed by atoms with E-state index in [1.165, 1.54) is 11.1 Å². The third kappa shape index (κ3) is 3.88. The van der Waals surface area contributed by atoms with E-state index in [0.717, 1.165) is 22.7 Å². The summed E-state index contributed by atoms with van der Waals surface area (Å²) in [5.41, 5.74) is 4.42. The van der Waals surface area contributed by atoms with E-state index >= 15 is 0 Å². The molecule has 0 saturated carbocycles. The van der Waals surface area contributed by atoms with E-state index < -0.39 is 0 Å². The van der Waals surface area contributed by atoms with Gasteiger partial charge in [0.25, 0.3) is 0 Å². The van der Waals surface area contributed by atoms with Crippen molar-refractivity contribution in [1.82, 2.24) is 5.32 Å². The molecular formula is C22H20N2O2S. The molecule has 3 aromatic rings. The summed E-state index contributed by atoms with van der Waals surface area (Å²) in [4.78, 5) is 0. The van der Waals surface area contributed by atoms with Crippen molar-refractivity contribution in [1.29, 1.82) is 0 Å². The first-order chi connectivity index (χ1) is 13.2. The molecule has 0 bridgehead atoms. The monoisotopic (exact) mass is 376 g/mol. The molecule has 1 aliphatic rings. The molecular weight excluding hydrogens is 356 g/mol. The Balaban J connectivity index is 1.56. The first-order valence-corrected chi connectivity index (χ1v) is 9.19. The molecule has 27 heavy (non-hydrogen) atoms. The van der Waals surface area contributed by atoms with Gasteiger partial charge in [0.1, 0.15) is 0 Å². The van der Waals surface area contributed by atoms with Gasteiger partial charge >= 0.3 is 0 Å². The minimum atomic E-state index is -0.0404. The topological polar surface area (TPSA) is 42.5 Å². The molecule has 0 aliphatic carbocycles. The second kappa shape index (κ2) is 7.68. The lowest BCUT2D eigenvalue weighted by molar-refractivity contribution is 0.174. The average Bonchev–Trinajstić information content (AvgIpc) is 3.15. The molecule has 136 valence electrons. The van der Waals surface area contributed by atoms with Gasteiger partial charge in [-0.3, -0.25) is 0 Å². The van der Waals surface area contributed by atoms with E-state index in [1.807, 2.05) is 48.5 Å². The van der Waals surface area contributed by atoms with Gasteiger partial charge in [-0.15, -0.1) is 0 Å². The average molecular weight is 376 g/mol. The van der Waals surface area contributed by atoms with E-state index in [0.29, 0.717) is 5.11 Å². The fraction of sp³-hybridized carbons (Fsp3) is 0.136. The first-order valence-electron chi connectivity index (χ1n) is 8.78. The fourth-order valence-electron chi connectivity index (χ4n) is 3.17. The molecule has 1 atom stereocenters. The molecule has 4 nitrogen and oxygen atoms in total. The number of hydrogen-bond acceptors (Lipinski definition) is 3. The van der Waals surface area contributed by atoms with Gasteiger partial charge in [-0.05, 0) is 48.0 Å². The van der Waals surface area contributed by atoms with Crippen molar-refractivity contribution in [2.24, 2.45) is 0 Å². The van der Waals surface area contributed by atoms with E-state index in [-0.39, 0.29) is 12.8 Å². The van der Waals surface area contributed by atoms with Gasteiger partial charge in [0.15, 0.2) is 16.6 Å². The fourth-order valence-corrected chi connectivity index (χ4v) is 3.41. The van der Waals surface area contributed by atoms with Crippen molar-refractivity contribution >= 4 is 23.0 Å². The standard InChI is InChI=1S/C22H20N2O2S/c1-15-7-5-6-10-18(15)21(16-8-3-2-4-9-16)24-22(27)23-17-11-12-19-20(13-17)26-14-25-19/h2-13,21H,14H2,1H3,(H2,23,24,27)/t21-/m1/s1. The van der Waals surface area contributed by atoms with Crippen LogP contribution in [0.5, 0.6) is 11.5 Å². The van der Waals surface area contributed by atoms with Gasteiger partial charge in [0.2, 0.25) is 6.79 Å². The summed E-state index contributed by atoms with van der Waals surface area (Å²) in [6, 6.07) is 24.3. The Morgan fingerprint density at radius 1 is 0.926 bits per heavy atom. The lowest BCUT2D eigenvalue weighted by atomic mass is 9.95. The summed E-state index contributed by atoms with van der Waals surface area (Å²) in [6.45, 7) is 2.37. The van der Waals surface area contributed by atoms with Crippen LogP contribution in [0.2, 0.25) is 0 Å². The number of benzene rings is 3. The molecule has 5 heteroatoms. The Bertz CT molecular complexity index is 960. The Morgan fingerprint density at radius 3 is 2.48 bits per heavy atom. The molecule has 0 radical (unpaired) electrons. The van der Waals surface area contributed by atoms with Crippen LogP contribution in [-0.4, -0.2) is 11.9 Å². The zero-order valence-electron chi connectivity index (χ0n) is 14.9. The first kappa shape index (κ1) is 17.4. The quantitative estimate of drug-likeness (QED) is 0.640. The highest BCUT2D eigenvalue weighted by molar-refractivity contribution is 7.80. The SMILES string of the molecule is Cc1ccccc1[C@H](NC(=S)Nc1ccc2c(c1)OCO2)c1ccccc1. The van der Waals surface area contributed by atoms with Crippen LogP contribution in [0, 0.1) is 6.92 Å². The van der Waals surface area contributed by atoms with E-state index in [4.69, 9.17) is 21.7 Å². The molecule has 2 N–H and O–H groups in total. The zero-order chi connectivity index (χ0) is 18.6. The second-order valence-electron chi connectivity index (χ2n) is 6.37. The molecule has 1 heterocycles. The highest BCUT2D eigenvalue weighted by Gasteiger charge is 2.18. The molecule has 0 fully saturated rings. The predicted molar refractivity (Wildman–Crippen MR) is 111 cm³/mol. The maximum atomic E-state index is 5.59. The third-order valence-electron chi connectivity index (χ3n) is 4.54. The summed E-state index contributed by atoms with van der Waals surface area (Å²) in [5.74, 6) is 1.47. The Hall–Kier alpha value is -3.05. The summed E-state index contributed by atoms with van der Waals surface area (Å²) in [7, 11) is 0. The number of ether oxygens (including phenoxy) is 2.